The molecule has 384 valence electrons. The van der Waals surface area contributed by atoms with Crippen molar-refractivity contribution in [2.75, 3.05) is 33.0 Å². The third kappa shape index (κ3) is 27.5. The third-order valence-corrected chi connectivity index (χ3v) is 12.8. The molecule has 14 nitrogen and oxygen atoms in total. The van der Waals surface area contributed by atoms with E-state index in [1.807, 2.05) is 0 Å². The van der Waals surface area contributed by atoms with Gasteiger partial charge in [0.15, 0.2) is 12.6 Å². The van der Waals surface area contributed by atoms with Crippen molar-refractivity contribution in [3.8, 4) is 0 Å². The molecule has 0 spiro atoms. The van der Waals surface area contributed by atoms with Crippen molar-refractivity contribution < 1.29 is 69.0 Å². The number of carbonyl (C=O) groups excluding carboxylic acids is 1. The second kappa shape index (κ2) is 39.6. The van der Waals surface area contributed by atoms with Gasteiger partial charge in [0.1, 0.15) is 54.9 Å². The summed E-state index contributed by atoms with van der Waals surface area (Å²) in [5.74, 6) is -0.375. The molecule has 2 saturated heterocycles. The predicted octanol–water partition coefficient (Wildman–Crippen LogP) is 7.85. The summed E-state index contributed by atoms with van der Waals surface area (Å²) in [5, 5.41) is 72.1. The number of allylic oxidation sites excluding steroid dienone is 2. The van der Waals surface area contributed by atoms with Crippen LogP contribution < -0.4 is 0 Å². The van der Waals surface area contributed by atoms with Gasteiger partial charge in [-0.25, -0.2) is 0 Å². The molecule has 0 aromatic rings. The zero-order valence-electron chi connectivity index (χ0n) is 40.7. The van der Waals surface area contributed by atoms with Crippen LogP contribution in [-0.4, -0.2) is 142 Å². The first-order valence-electron chi connectivity index (χ1n) is 26.3. The number of aliphatic hydroxyl groups is 7. The molecule has 0 radical (unpaired) electrons. The highest BCUT2D eigenvalue weighted by Crippen LogP contribution is 2.26. The molecule has 2 heterocycles. The molecule has 0 aromatic carbocycles. The minimum atomic E-state index is -1.70. The molecular formula is C51H96O14. The summed E-state index contributed by atoms with van der Waals surface area (Å²) < 4.78 is 34.3. The van der Waals surface area contributed by atoms with Crippen LogP contribution >= 0.6 is 0 Å². The van der Waals surface area contributed by atoms with Crippen LogP contribution in [0.1, 0.15) is 206 Å². The van der Waals surface area contributed by atoms with Gasteiger partial charge in [-0.2, -0.15) is 0 Å². The van der Waals surface area contributed by atoms with Crippen LogP contribution in [0.25, 0.3) is 0 Å². The number of rotatable bonds is 42. The van der Waals surface area contributed by atoms with Crippen LogP contribution in [0.15, 0.2) is 12.2 Å². The lowest BCUT2D eigenvalue weighted by Crippen LogP contribution is -2.61. The van der Waals surface area contributed by atoms with Crippen LogP contribution in [-0.2, 0) is 33.2 Å². The van der Waals surface area contributed by atoms with E-state index in [0.29, 0.717) is 13.0 Å². The summed E-state index contributed by atoms with van der Waals surface area (Å²) in [6.45, 7) is 3.70. The number of carbonyl (C=O) groups is 1. The Bertz CT molecular complexity index is 1130. The highest BCUT2D eigenvalue weighted by atomic mass is 16.7. The third-order valence-electron chi connectivity index (χ3n) is 12.8. The molecule has 0 amide bonds. The maximum absolute atomic E-state index is 13.0. The van der Waals surface area contributed by atoms with Gasteiger partial charge < -0.3 is 64.2 Å². The Morgan fingerprint density at radius 1 is 0.492 bits per heavy atom. The first-order chi connectivity index (χ1) is 31.6. The van der Waals surface area contributed by atoms with E-state index < -0.39 is 80.7 Å². The molecule has 7 N–H and O–H groups in total. The van der Waals surface area contributed by atoms with Crippen LogP contribution in [0.5, 0.6) is 0 Å². The van der Waals surface area contributed by atoms with E-state index in [1.165, 1.54) is 141 Å². The Kier molecular flexibility index (Phi) is 36.4. The van der Waals surface area contributed by atoms with Gasteiger partial charge in [0.25, 0.3) is 0 Å². The van der Waals surface area contributed by atoms with E-state index in [2.05, 4.69) is 26.0 Å². The molecular weight excluding hydrogens is 837 g/mol. The van der Waals surface area contributed by atoms with E-state index >= 15 is 0 Å². The van der Waals surface area contributed by atoms with Gasteiger partial charge >= 0.3 is 5.97 Å². The first-order valence-corrected chi connectivity index (χ1v) is 26.3. The van der Waals surface area contributed by atoms with Crippen LogP contribution in [0, 0.1) is 0 Å². The fraction of sp³-hybridized carbons (Fsp3) is 0.941. The van der Waals surface area contributed by atoms with Gasteiger partial charge in [-0.1, -0.05) is 174 Å². The number of esters is 1. The predicted molar refractivity (Wildman–Crippen MR) is 252 cm³/mol. The van der Waals surface area contributed by atoms with Gasteiger partial charge in [0.05, 0.1) is 26.4 Å². The Morgan fingerprint density at radius 3 is 1.40 bits per heavy atom. The average Bonchev–Trinajstić information content (AvgIpc) is 3.30. The van der Waals surface area contributed by atoms with Crippen molar-refractivity contribution in [3.05, 3.63) is 12.2 Å². The van der Waals surface area contributed by atoms with Crippen molar-refractivity contribution in [1.29, 1.82) is 0 Å². The van der Waals surface area contributed by atoms with Crippen molar-refractivity contribution in [1.82, 2.24) is 0 Å². The summed E-state index contributed by atoms with van der Waals surface area (Å²) in [6.07, 6.45) is 24.2. The van der Waals surface area contributed by atoms with E-state index in [9.17, 15) is 40.5 Å². The van der Waals surface area contributed by atoms with Crippen LogP contribution in [0.2, 0.25) is 0 Å². The standard InChI is InChI=1S/C51H96O14/c1-3-5-7-9-11-13-15-17-18-19-20-21-22-23-25-27-29-31-33-35-60-37-40(63-43(53)34-32-30-28-26-24-16-14-12-10-8-6-4-2)38-61-50-49(59)47(57)45(55)42(65-50)39-62-51-48(58)46(56)44(54)41(36-52)64-51/h18-19,40-42,44-52,54-59H,3-17,20-39H2,1-2H3/b19-18-. The van der Waals surface area contributed by atoms with Gasteiger partial charge in [0.2, 0.25) is 0 Å². The van der Waals surface area contributed by atoms with Crippen molar-refractivity contribution in [2.45, 2.75) is 274 Å². The molecule has 65 heavy (non-hydrogen) atoms. The van der Waals surface area contributed by atoms with Crippen molar-refractivity contribution in [3.63, 3.8) is 0 Å². The topological polar surface area (TPSA) is 214 Å². The van der Waals surface area contributed by atoms with Gasteiger partial charge in [0, 0.05) is 13.0 Å². The molecule has 2 aliphatic rings. The summed E-state index contributed by atoms with van der Waals surface area (Å²) in [7, 11) is 0. The summed E-state index contributed by atoms with van der Waals surface area (Å²) in [4.78, 5) is 13.0. The van der Waals surface area contributed by atoms with E-state index in [4.69, 9.17) is 28.4 Å². The fourth-order valence-electron chi connectivity index (χ4n) is 8.46. The van der Waals surface area contributed by atoms with Crippen LogP contribution in [0.3, 0.4) is 0 Å². The number of ether oxygens (including phenoxy) is 6. The molecule has 0 aromatic heterocycles. The second-order valence-electron chi connectivity index (χ2n) is 18.7. The molecule has 2 rings (SSSR count). The SMILES string of the molecule is CCCCCCCCC/C=C\CCCCCCCCCCOCC(COC1OC(COC2OC(CO)C(O)C(O)C2O)C(O)C(O)C1O)OC(=O)CCCCCCCCCCCCCC. The van der Waals surface area contributed by atoms with Crippen LogP contribution in [0.4, 0.5) is 0 Å². The Hall–Kier alpha value is -1.27. The van der Waals surface area contributed by atoms with E-state index in [1.54, 1.807) is 0 Å². The average molecular weight is 933 g/mol. The highest BCUT2D eigenvalue weighted by Gasteiger charge is 2.47. The van der Waals surface area contributed by atoms with Gasteiger partial charge in [-0.05, 0) is 38.5 Å². The van der Waals surface area contributed by atoms with Crippen molar-refractivity contribution >= 4 is 5.97 Å². The number of hydrogen-bond donors (Lipinski definition) is 7. The smallest absolute Gasteiger partial charge is 0.306 e. The summed E-state index contributed by atoms with van der Waals surface area (Å²) in [6, 6.07) is 0. The van der Waals surface area contributed by atoms with E-state index in [0.717, 1.165) is 38.5 Å². The normalized spacial score (nSPS) is 26.5. The lowest BCUT2D eigenvalue weighted by Gasteiger charge is -2.42. The summed E-state index contributed by atoms with van der Waals surface area (Å²) >= 11 is 0. The number of hydrogen-bond acceptors (Lipinski definition) is 14. The second-order valence-corrected chi connectivity index (χ2v) is 18.7. The van der Waals surface area contributed by atoms with Crippen molar-refractivity contribution in [2.24, 2.45) is 0 Å². The largest absolute Gasteiger partial charge is 0.457 e. The zero-order valence-corrected chi connectivity index (χ0v) is 40.7. The number of aliphatic hydroxyl groups excluding tert-OH is 7. The minimum Gasteiger partial charge on any atom is -0.457 e. The maximum Gasteiger partial charge on any atom is 0.306 e. The molecule has 2 aliphatic heterocycles. The Balaban J connectivity index is 1.74. The lowest BCUT2D eigenvalue weighted by atomic mass is 9.98. The molecule has 11 unspecified atom stereocenters. The zero-order chi connectivity index (χ0) is 47.3. The first kappa shape index (κ1) is 59.9. The van der Waals surface area contributed by atoms with Gasteiger partial charge in [-0.15, -0.1) is 0 Å². The molecule has 2 fully saturated rings. The fourth-order valence-corrected chi connectivity index (χ4v) is 8.46. The summed E-state index contributed by atoms with van der Waals surface area (Å²) in [5.41, 5.74) is 0. The molecule has 11 atom stereocenters. The highest BCUT2D eigenvalue weighted by molar-refractivity contribution is 5.69. The molecule has 0 bridgehead atoms. The quantitative estimate of drug-likeness (QED) is 0.0176. The molecule has 0 aliphatic carbocycles. The Morgan fingerprint density at radius 2 is 0.908 bits per heavy atom. The monoisotopic (exact) mass is 933 g/mol. The minimum absolute atomic E-state index is 0.0648. The molecule has 0 saturated carbocycles. The molecule has 14 heteroatoms. The number of unbranched alkanes of at least 4 members (excludes halogenated alkanes) is 26. The Labute approximate surface area is 393 Å². The lowest BCUT2D eigenvalue weighted by molar-refractivity contribution is -0.332. The van der Waals surface area contributed by atoms with Gasteiger partial charge in [-0.3, -0.25) is 4.79 Å². The maximum atomic E-state index is 13.0. The van der Waals surface area contributed by atoms with E-state index in [-0.39, 0.29) is 25.6 Å².